The third-order valence-electron chi connectivity index (χ3n) is 3.79. The van der Waals surface area contributed by atoms with Crippen molar-refractivity contribution in [2.45, 2.75) is 51.4 Å². The maximum Gasteiger partial charge on any atom is 0.343 e. The van der Waals surface area contributed by atoms with Gasteiger partial charge in [0.1, 0.15) is 6.54 Å². The number of carbonyl (C=O) groups is 3. The summed E-state index contributed by atoms with van der Waals surface area (Å²) in [6, 6.07) is -0.550. The lowest BCUT2D eigenvalue weighted by Gasteiger charge is -2.21. The van der Waals surface area contributed by atoms with Gasteiger partial charge in [-0.2, -0.15) is 0 Å². The molecule has 0 unspecified atom stereocenters. The van der Waals surface area contributed by atoms with Gasteiger partial charge in [-0.1, -0.05) is 32.1 Å². The van der Waals surface area contributed by atoms with Crippen molar-refractivity contribution in [3.63, 3.8) is 0 Å². The number of urea groups is 1. The van der Waals surface area contributed by atoms with Crippen LogP contribution in [-0.4, -0.2) is 29.4 Å². The fourth-order valence-electron chi connectivity index (χ4n) is 2.77. The Morgan fingerprint density at radius 3 is 2.63 bits per heavy atom. The summed E-state index contributed by atoms with van der Waals surface area (Å²) < 4.78 is 0. The SMILES string of the molecule is O=C1CN(NC(=O)CCCC2CCCCC2)C(=O)N1. The molecule has 0 bridgehead atoms. The van der Waals surface area contributed by atoms with Crippen molar-refractivity contribution in [2.75, 3.05) is 6.54 Å². The lowest BCUT2D eigenvalue weighted by atomic mass is 9.86. The van der Waals surface area contributed by atoms with Gasteiger partial charge in [0, 0.05) is 6.42 Å². The molecular formula is C13H21N3O3. The van der Waals surface area contributed by atoms with Crippen LogP contribution < -0.4 is 10.7 Å². The first-order chi connectivity index (χ1) is 9.15. The molecule has 19 heavy (non-hydrogen) atoms. The van der Waals surface area contributed by atoms with E-state index in [0.717, 1.165) is 23.8 Å². The molecule has 0 radical (unpaired) electrons. The maximum atomic E-state index is 11.6. The van der Waals surface area contributed by atoms with E-state index >= 15 is 0 Å². The van der Waals surface area contributed by atoms with Crippen molar-refractivity contribution in [1.29, 1.82) is 0 Å². The zero-order valence-electron chi connectivity index (χ0n) is 11.1. The molecular weight excluding hydrogens is 246 g/mol. The van der Waals surface area contributed by atoms with Gasteiger partial charge in [0.2, 0.25) is 11.8 Å². The van der Waals surface area contributed by atoms with Crippen LogP contribution in [0.15, 0.2) is 0 Å². The monoisotopic (exact) mass is 267 g/mol. The molecule has 2 rings (SSSR count). The van der Waals surface area contributed by atoms with Crippen LogP contribution in [0.25, 0.3) is 0 Å². The molecule has 2 aliphatic rings. The van der Waals surface area contributed by atoms with Crippen LogP contribution in [0.5, 0.6) is 0 Å². The maximum absolute atomic E-state index is 11.6. The fraction of sp³-hybridized carbons (Fsp3) is 0.769. The van der Waals surface area contributed by atoms with Crippen LogP contribution in [0.2, 0.25) is 0 Å². The number of carbonyl (C=O) groups excluding carboxylic acids is 3. The van der Waals surface area contributed by atoms with Crippen molar-refractivity contribution in [3.8, 4) is 0 Å². The zero-order valence-corrected chi connectivity index (χ0v) is 11.1. The second-order valence-electron chi connectivity index (χ2n) is 5.37. The van der Waals surface area contributed by atoms with Crippen LogP contribution in [0.3, 0.4) is 0 Å². The molecule has 0 atom stereocenters. The first-order valence-corrected chi connectivity index (χ1v) is 7.06. The van der Waals surface area contributed by atoms with E-state index in [-0.39, 0.29) is 18.4 Å². The number of hydrogen-bond acceptors (Lipinski definition) is 3. The van der Waals surface area contributed by atoms with Crippen molar-refractivity contribution >= 4 is 17.8 Å². The zero-order chi connectivity index (χ0) is 13.7. The minimum absolute atomic E-state index is 0.0901. The third-order valence-corrected chi connectivity index (χ3v) is 3.79. The molecule has 1 aliphatic heterocycles. The average Bonchev–Trinajstić information content (AvgIpc) is 2.69. The highest BCUT2D eigenvalue weighted by Crippen LogP contribution is 2.27. The summed E-state index contributed by atoms with van der Waals surface area (Å²) in [5.41, 5.74) is 2.46. The predicted molar refractivity (Wildman–Crippen MR) is 68.8 cm³/mol. The molecule has 4 amide bonds. The van der Waals surface area contributed by atoms with Gasteiger partial charge in [-0.05, 0) is 18.8 Å². The molecule has 6 heteroatoms. The van der Waals surface area contributed by atoms with Gasteiger partial charge in [-0.25, -0.2) is 9.80 Å². The van der Waals surface area contributed by atoms with Crippen molar-refractivity contribution in [3.05, 3.63) is 0 Å². The van der Waals surface area contributed by atoms with E-state index in [4.69, 9.17) is 0 Å². The smallest absolute Gasteiger partial charge is 0.275 e. The summed E-state index contributed by atoms with van der Waals surface area (Å²) in [4.78, 5) is 33.8. The lowest BCUT2D eigenvalue weighted by Crippen LogP contribution is -2.44. The van der Waals surface area contributed by atoms with Gasteiger partial charge >= 0.3 is 6.03 Å². The Morgan fingerprint density at radius 2 is 2.00 bits per heavy atom. The second-order valence-corrected chi connectivity index (χ2v) is 5.37. The summed E-state index contributed by atoms with van der Waals surface area (Å²) in [7, 11) is 0. The van der Waals surface area contributed by atoms with E-state index in [0.29, 0.717) is 6.42 Å². The summed E-state index contributed by atoms with van der Waals surface area (Å²) in [5, 5.41) is 3.15. The number of amides is 4. The predicted octanol–water partition coefficient (Wildman–Crippen LogP) is 1.32. The molecule has 6 nitrogen and oxygen atoms in total. The van der Waals surface area contributed by atoms with Crippen LogP contribution in [0, 0.1) is 5.92 Å². The van der Waals surface area contributed by atoms with Gasteiger partial charge < -0.3 is 0 Å². The highest BCUT2D eigenvalue weighted by molar-refractivity contribution is 6.02. The largest absolute Gasteiger partial charge is 0.343 e. The molecule has 2 N–H and O–H groups in total. The minimum Gasteiger partial charge on any atom is -0.275 e. The van der Waals surface area contributed by atoms with Crippen LogP contribution >= 0.6 is 0 Å². The van der Waals surface area contributed by atoms with E-state index < -0.39 is 6.03 Å². The topological polar surface area (TPSA) is 78.5 Å². The van der Waals surface area contributed by atoms with E-state index in [1.807, 2.05) is 0 Å². The Hall–Kier alpha value is -1.59. The van der Waals surface area contributed by atoms with E-state index in [1.165, 1.54) is 32.1 Å². The first kappa shape index (κ1) is 13.8. The molecule has 0 aromatic heterocycles. The quantitative estimate of drug-likeness (QED) is 0.737. The fourth-order valence-corrected chi connectivity index (χ4v) is 2.77. The Balaban J connectivity index is 1.61. The number of nitrogens with zero attached hydrogens (tertiary/aromatic N) is 1. The molecule has 0 aromatic rings. The number of hydrazine groups is 1. The number of imide groups is 1. The van der Waals surface area contributed by atoms with Gasteiger partial charge in [-0.3, -0.25) is 20.3 Å². The van der Waals surface area contributed by atoms with Crippen molar-refractivity contribution < 1.29 is 14.4 Å². The Bertz CT molecular complexity index is 364. The molecule has 106 valence electrons. The number of hydrogen-bond donors (Lipinski definition) is 2. The normalized spacial score (nSPS) is 20.5. The molecule has 0 aromatic carbocycles. The van der Waals surface area contributed by atoms with Gasteiger partial charge in [0.25, 0.3) is 0 Å². The van der Waals surface area contributed by atoms with Crippen LogP contribution in [0.1, 0.15) is 51.4 Å². The Morgan fingerprint density at radius 1 is 1.26 bits per heavy atom. The Kier molecular flexibility index (Phi) is 4.76. The number of rotatable bonds is 5. The minimum atomic E-state index is -0.550. The van der Waals surface area contributed by atoms with E-state index in [9.17, 15) is 14.4 Å². The van der Waals surface area contributed by atoms with Gasteiger partial charge in [0.05, 0.1) is 0 Å². The molecule has 1 aliphatic carbocycles. The van der Waals surface area contributed by atoms with E-state index in [1.54, 1.807) is 0 Å². The molecule has 1 saturated heterocycles. The highest BCUT2D eigenvalue weighted by Gasteiger charge is 2.27. The van der Waals surface area contributed by atoms with Crippen molar-refractivity contribution in [2.24, 2.45) is 5.92 Å². The summed E-state index contributed by atoms with van der Waals surface area (Å²) in [6.07, 6.45) is 8.87. The standard InChI is InChI=1S/C13H21N3O3/c17-11(15-16-9-12(18)14-13(16)19)8-4-7-10-5-2-1-3-6-10/h10H,1-9H2,(H,15,17)(H,14,18,19). The van der Waals surface area contributed by atoms with Crippen molar-refractivity contribution in [1.82, 2.24) is 15.8 Å². The molecule has 0 spiro atoms. The Labute approximate surface area is 112 Å². The summed E-state index contributed by atoms with van der Waals surface area (Å²) >= 11 is 0. The third kappa shape index (κ3) is 4.22. The average molecular weight is 267 g/mol. The van der Waals surface area contributed by atoms with Crippen LogP contribution in [-0.2, 0) is 9.59 Å². The highest BCUT2D eigenvalue weighted by atomic mass is 16.2. The number of nitrogens with one attached hydrogen (secondary N) is 2. The summed E-state index contributed by atoms with van der Waals surface area (Å²) in [5.74, 6) is 0.186. The molecule has 1 saturated carbocycles. The van der Waals surface area contributed by atoms with Crippen LogP contribution in [0.4, 0.5) is 4.79 Å². The lowest BCUT2D eigenvalue weighted by molar-refractivity contribution is -0.125. The van der Waals surface area contributed by atoms with Gasteiger partial charge in [-0.15, -0.1) is 0 Å². The van der Waals surface area contributed by atoms with E-state index in [2.05, 4.69) is 10.7 Å². The molecule has 2 fully saturated rings. The summed E-state index contributed by atoms with van der Waals surface area (Å²) in [6.45, 7) is -0.0901. The molecule has 1 heterocycles. The second kappa shape index (κ2) is 6.54. The van der Waals surface area contributed by atoms with Gasteiger partial charge in [0.15, 0.2) is 0 Å². The first-order valence-electron chi connectivity index (χ1n) is 7.06.